The first-order chi connectivity index (χ1) is 24.5. The van der Waals surface area contributed by atoms with Gasteiger partial charge in [-0.3, -0.25) is 19.2 Å². The molecule has 5 atom stereocenters. The molecule has 0 spiro atoms. The number of carbonyl (C=O) groups is 6. The Morgan fingerprint density at radius 1 is 0.843 bits per heavy atom. The highest BCUT2D eigenvalue weighted by Gasteiger charge is 2.43. The number of aliphatic carboxylic acids is 2. The smallest absolute Gasteiger partial charge is 0.326 e. The minimum atomic E-state index is -1.10. The van der Waals surface area contributed by atoms with E-state index in [1.165, 1.54) is 4.90 Å². The Balaban J connectivity index is 0.000000275. The van der Waals surface area contributed by atoms with Gasteiger partial charge in [-0.05, 0) is 80.5 Å². The first kappa shape index (κ1) is 41.3. The standard InChI is InChI=1S/C18H27N3O4S.C18H22N2O4S/c19-10-5-4-8-15(18(24)25)21-17(23)14(9-11-26)20-16(22)12-13-6-2-1-3-7-13;21-15(11-12-5-2-1-3-6-12)19-13-9-10-25-16-8-4-7-14(18(23)24)20(16)17(13)22/h1-3,6-7,14-15,26H,4-5,8-12,19H2,(H,20,22)(H,21,23)(H,24,25);1-3,5-6,13-14,16H,4,7-11H2,(H,19,21)(H,23,24)/t14-,15-;13-,14-,16?/m00/s1. The van der Waals surface area contributed by atoms with E-state index < -0.39 is 42.0 Å². The molecule has 2 aliphatic heterocycles. The van der Waals surface area contributed by atoms with Crippen molar-refractivity contribution in [3.63, 3.8) is 0 Å². The molecule has 2 aromatic carbocycles. The zero-order chi connectivity index (χ0) is 37.2. The number of rotatable bonds is 16. The van der Waals surface area contributed by atoms with Crippen LogP contribution in [0.15, 0.2) is 60.7 Å². The third-order valence-corrected chi connectivity index (χ3v) is 10.1. The molecular formula is C36H49N5O8S2. The fourth-order valence-electron chi connectivity index (χ4n) is 5.90. The molecule has 2 fully saturated rings. The maximum Gasteiger partial charge on any atom is 0.326 e. The summed E-state index contributed by atoms with van der Waals surface area (Å²) in [6, 6.07) is 15.3. The van der Waals surface area contributed by atoms with Crippen molar-refractivity contribution in [1.82, 2.24) is 20.9 Å². The van der Waals surface area contributed by atoms with Gasteiger partial charge in [-0.1, -0.05) is 60.7 Å². The van der Waals surface area contributed by atoms with Crippen molar-refractivity contribution in [2.75, 3.05) is 18.1 Å². The zero-order valence-corrected chi connectivity index (χ0v) is 30.3. The van der Waals surface area contributed by atoms with E-state index in [1.54, 1.807) is 11.8 Å². The summed E-state index contributed by atoms with van der Waals surface area (Å²) in [5, 5.41) is 26.6. The lowest BCUT2D eigenvalue weighted by Gasteiger charge is -2.39. The second kappa shape index (κ2) is 22.0. The van der Waals surface area contributed by atoms with Crippen LogP contribution in [-0.4, -0.2) is 98.3 Å². The number of carboxylic acids is 2. The van der Waals surface area contributed by atoms with E-state index in [1.807, 2.05) is 60.7 Å². The second-order valence-electron chi connectivity index (χ2n) is 12.4. The van der Waals surface area contributed by atoms with Gasteiger partial charge in [0.1, 0.15) is 24.2 Å². The molecule has 0 radical (unpaired) electrons. The van der Waals surface area contributed by atoms with E-state index >= 15 is 0 Å². The predicted octanol–water partition coefficient (Wildman–Crippen LogP) is 2.37. The molecule has 4 amide bonds. The van der Waals surface area contributed by atoms with E-state index in [0.29, 0.717) is 50.8 Å². The molecule has 13 nitrogen and oxygen atoms in total. The van der Waals surface area contributed by atoms with Gasteiger partial charge in [-0.15, -0.1) is 11.8 Å². The van der Waals surface area contributed by atoms with Gasteiger partial charge >= 0.3 is 11.9 Å². The van der Waals surface area contributed by atoms with Gasteiger partial charge in [-0.2, -0.15) is 12.6 Å². The SMILES string of the molecule is NCCCC[C@H](NC(=O)[C@H](CCS)NC(=O)Cc1ccccc1)C(=O)O.O=C(Cc1ccccc1)N[C@H]1CCSC2CCC[C@@H](C(=O)O)N2C1=O. The number of carbonyl (C=O) groups excluding carboxylic acids is 4. The normalized spacial score (nSPS) is 19.5. The van der Waals surface area contributed by atoms with Crippen molar-refractivity contribution >= 4 is 60.0 Å². The topological polar surface area (TPSA) is 208 Å². The Labute approximate surface area is 308 Å². The molecule has 0 aromatic heterocycles. The van der Waals surface area contributed by atoms with Gasteiger partial charge in [0.15, 0.2) is 0 Å². The van der Waals surface area contributed by atoms with E-state index in [9.17, 15) is 39.0 Å². The molecular weight excluding hydrogens is 695 g/mol. The quantitative estimate of drug-likeness (QED) is 0.0987. The minimum Gasteiger partial charge on any atom is -0.480 e. The highest BCUT2D eigenvalue weighted by Crippen LogP contribution is 2.34. The summed E-state index contributed by atoms with van der Waals surface area (Å²) >= 11 is 5.73. The lowest BCUT2D eigenvalue weighted by atomic mass is 10.00. The molecule has 4 rings (SSSR count). The average molecular weight is 744 g/mol. The summed E-state index contributed by atoms with van der Waals surface area (Å²) < 4.78 is 0. The van der Waals surface area contributed by atoms with Gasteiger partial charge in [0.25, 0.3) is 0 Å². The number of benzene rings is 2. The van der Waals surface area contributed by atoms with Crippen LogP contribution in [0.1, 0.15) is 62.5 Å². The van der Waals surface area contributed by atoms with Crippen molar-refractivity contribution in [3.8, 4) is 0 Å². The largest absolute Gasteiger partial charge is 0.480 e. The Morgan fingerprint density at radius 3 is 2.04 bits per heavy atom. The van der Waals surface area contributed by atoms with Crippen LogP contribution in [0.3, 0.4) is 0 Å². The van der Waals surface area contributed by atoms with E-state index in [2.05, 4.69) is 28.6 Å². The van der Waals surface area contributed by atoms with Gasteiger partial charge in [0, 0.05) is 0 Å². The number of carboxylic acid groups (broad SMARTS) is 2. The number of thioether (sulfide) groups is 1. The number of nitrogens with one attached hydrogen (secondary N) is 3. The van der Waals surface area contributed by atoms with Crippen molar-refractivity contribution in [2.24, 2.45) is 5.73 Å². The number of fused-ring (bicyclic) bond motifs is 1. The summed E-state index contributed by atoms with van der Waals surface area (Å²) in [6.07, 6.45) is 4.88. The zero-order valence-electron chi connectivity index (χ0n) is 28.6. The van der Waals surface area contributed by atoms with Gasteiger partial charge < -0.3 is 36.8 Å². The predicted molar refractivity (Wildman–Crippen MR) is 198 cm³/mol. The molecule has 51 heavy (non-hydrogen) atoms. The molecule has 2 aliphatic rings. The van der Waals surface area contributed by atoms with Gasteiger partial charge in [0.05, 0.1) is 18.2 Å². The van der Waals surface area contributed by atoms with Crippen LogP contribution in [0.4, 0.5) is 0 Å². The van der Waals surface area contributed by atoms with Crippen molar-refractivity contribution < 1.29 is 39.0 Å². The maximum atomic E-state index is 12.9. The Bertz CT molecular complexity index is 1450. The number of unbranched alkanes of at least 4 members (excludes halogenated alkanes) is 1. The number of nitrogens with zero attached hydrogens (tertiary/aromatic N) is 1. The molecule has 15 heteroatoms. The fourth-order valence-corrected chi connectivity index (χ4v) is 7.55. The monoisotopic (exact) mass is 743 g/mol. The van der Waals surface area contributed by atoms with Crippen molar-refractivity contribution in [3.05, 3.63) is 71.8 Å². The van der Waals surface area contributed by atoms with E-state index in [4.69, 9.17) is 5.73 Å². The maximum absolute atomic E-state index is 12.9. The highest BCUT2D eigenvalue weighted by atomic mass is 32.2. The molecule has 0 aliphatic carbocycles. The number of piperidine rings is 1. The lowest BCUT2D eigenvalue weighted by molar-refractivity contribution is -0.154. The third-order valence-electron chi connectivity index (χ3n) is 8.51. The fraction of sp³-hybridized carbons (Fsp3) is 0.500. The highest BCUT2D eigenvalue weighted by molar-refractivity contribution is 7.99. The Hall–Kier alpha value is -4.08. The summed E-state index contributed by atoms with van der Waals surface area (Å²) in [6.45, 7) is 0.470. The summed E-state index contributed by atoms with van der Waals surface area (Å²) in [5.41, 5.74) is 7.12. The molecule has 278 valence electrons. The first-order valence-corrected chi connectivity index (χ1v) is 18.9. The van der Waals surface area contributed by atoms with Crippen LogP contribution in [0.5, 0.6) is 0 Å². The van der Waals surface area contributed by atoms with Crippen LogP contribution in [0, 0.1) is 0 Å². The van der Waals surface area contributed by atoms with Crippen LogP contribution < -0.4 is 21.7 Å². The molecule has 2 aromatic rings. The summed E-state index contributed by atoms with van der Waals surface area (Å²) in [4.78, 5) is 74.2. The van der Waals surface area contributed by atoms with Crippen LogP contribution >= 0.6 is 24.4 Å². The first-order valence-electron chi connectivity index (χ1n) is 17.2. The molecule has 1 unspecified atom stereocenters. The number of amides is 4. The Morgan fingerprint density at radius 2 is 1.47 bits per heavy atom. The average Bonchev–Trinajstić information content (AvgIpc) is 3.26. The molecule has 7 N–H and O–H groups in total. The lowest BCUT2D eigenvalue weighted by Crippen LogP contribution is -2.57. The van der Waals surface area contributed by atoms with Gasteiger partial charge in [-0.25, -0.2) is 9.59 Å². The van der Waals surface area contributed by atoms with Crippen LogP contribution in [0.25, 0.3) is 0 Å². The number of hydrogen-bond acceptors (Lipinski definition) is 9. The number of thiol groups is 1. The number of hydrogen-bond donors (Lipinski definition) is 7. The van der Waals surface area contributed by atoms with E-state index in [-0.39, 0.29) is 35.9 Å². The van der Waals surface area contributed by atoms with Crippen molar-refractivity contribution in [1.29, 1.82) is 0 Å². The molecule has 2 saturated heterocycles. The second-order valence-corrected chi connectivity index (χ2v) is 14.1. The molecule has 0 bridgehead atoms. The van der Waals surface area contributed by atoms with Crippen molar-refractivity contribution in [2.45, 2.75) is 93.7 Å². The molecule has 2 heterocycles. The summed E-state index contributed by atoms with van der Waals surface area (Å²) in [7, 11) is 0. The van der Waals surface area contributed by atoms with E-state index in [0.717, 1.165) is 29.7 Å². The van der Waals surface area contributed by atoms with Crippen LogP contribution in [-0.2, 0) is 41.6 Å². The molecule has 0 saturated carbocycles. The minimum absolute atomic E-state index is 0.0987. The van der Waals surface area contributed by atoms with Crippen LogP contribution in [0.2, 0.25) is 0 Å². The number of nitrogens with two attached hydrogens (primary N) is 1. The van der Waals surface area contributed by atoms with Gasteiger partial charge in [0.2, 0.25) is 23.6 Å². The third kappa shape index (κ3) is 13.9. The summed E-state index contributed by atoms with van der Waals surface area (Å²) in [5.74, 6) is -2.23. The Kier molecular flexibility index (Phi) is 17.8.